The summed E-state index contributed by atoms with van der Waals surface area (Å²) in [5, 5.41) is 7.69. The first-order chi connectivity index (χ1) is 13.8. The highest BCUT2D eigenvalue weighted by Gasteiger charge is 2.24. The third-order valence-electron chi connectivity index (χ3n) is 4.80. The Balaban J connectivity index is 0.00000300. The minimum Gasteiger partial charge on any atom is -0.381 e. The van der Waals surface area contributed by atoms with E-state index in [9.17, 15) is 0 Å². The van der Waals surface area contributed by atoms with Crippen molar-refractivity contribution < 1.29 is 9.47 Å². The molecule has 8 heteroatoms. The molecule has 0 saturated carbocycles. The molecule has 1 fully saturated rings. The van der Waals surface area contributed by atoms with Crippen LogP contribution in [0.2, 0.25) is 0 Å². The zero-order chi connectivity index (χ0) is 19.6. The molecular weight excluding hydrogens is 481 g/mol. The molecule has 29 heavy (non-hydrogen) atoms. The molecule has 1 aromatic carbocycles. The molecule has 7 nitrogen and oxygen atoms in total. The van der Waals surface area contributed by atoms with E-state index in [4.69, 9.17) is 9.47 Å². The fourth-order valence-electron chi connectivity index (χ4n) is 3.29. The lowest BCUT2D eigenvalue weighted by molar-refractivity contribution is -0.00805. The molecule has 1 unspecified atom stereocenters. The Morgan fingerprint density at radius 3 is 2.86 bits per heavy atom. The van der Waals surface area contributed by atoms with Gasteiger partial charge in [-0.3, -0.25) is 9.67 Å². The van der Waals surface area contributed by atoms with Crippen molar-refractivity contribution in [2.24, 2.45) is 12.0 Å². The summed E-state index contributed by atoms with van der Waals surface area (Å²) in [6, 6.07) is 10.4. The lowest BCUT2D eigenvalue weighted by atomic mass is 10.1. The molecule has 0 bridgehead atoms. The number of rotatable bonds is 8. The molecule has 1 aliphatic heterocycles. The number of aliphatic imine (C=N–C) groups is 1. The Bertz CT molecular complexity index is 738. The first-order valence-corrected chi connectivity index (χ1v) is 9.93. The van der Waals surface area contributed by atoms with Crippen molar-refractivity contribution in [3.05, 3.63) is 53.9 Å². The van der Waals surface area contributed by atoms with Gasteiger partial charge in [0.15, 0.2) is 5.96 Å². The molecule has 1 aromatic heterocycles. The smallest absolute Gasteiger partial charge is 0.193 e. The van der Waals surface area contributed by atoms with Crippen LogP contribution in [0.3, 0.4) is 0 Å². The van der Waals surface area contributed by atoms with Gasteiger partial charge in [-0.15, -0.1) is 24.0 Å². The van der Waals surface area contributed by atoms with Crippen molar-refractivity contribution in [2.75, 3.05) is 46.5 Å². The molecule has 1 saturated heterocycles. The minimum absolute atomic E-state index is 0. The molecule has 2 heterocycles. The van der Waals surface area contributed by atoms with Gasteiger partial charge in [0.1, 0.15) is 6.10 Å². The van der Waals surface area contributed by atoms with Crippen molar-refractivity contribution in [3.8, 4) is 0 Å². The third kappa shape index (κ3) is 7.60. The molecule has 1 atom stereocenters. The molecule has 0 amide bonds. The van der Waals surface area contributed by atoms with E-state index < -0.39 is 0 Å². The highest BCUT2D eigenvalue weighted by Crippen LogP contribution is 2.21. The zero-order valence-electron chi connectivity index (χ0n) is 17.3. The fraction of sp³-hybridized carbons (Fsp3) is 0.524. The Morgan fingerprint density at radius 2 is 2.14 bits per heavy atom. The normalized spacial score (nSPS) is 17.1. The van der Waals surface area contributed by atoms with Gasteiger partial charge in [0.05, 0.1) is 26.0 Å². The summed E-state index contributed by atoms with van der Waals surface area (Å²) in [4.78, 5) is 6.68. The SMILES string of the molecule is CN=C(NCCCOCCc1ccccc1)N1CCOC(c2cnn(C)c2)C1.I. The van der Waals surface area contributed by atoms with Crippen LogP contribution in [0.1, 0.15) is 23.7 Å². The molecule has 1 aliphatic rings. The van der Waals surface area contributed by atoms with Gasteiger partial charge < -0.3 is 19.7 Å². The molecule has 0 aliphatic carbocycles. The van der Waals surface area contributed by atoms with E-state index in [1.165, 1.54) is 5.56 Å². The number of morpholine rings is 1. The van der Waals surface area contributed by atoms with E-state index in [0.29, 0.717) is 6.61 Å². The predicted molar refractivity (Wildman–Crippen MR) is 126 cm³/mol. The monoisotopic (exact) mass is 513 g/mol. The quantitative estimate of drug-likeness (QED) is 0.255. The van der Waals surface area contributed by atoms with Crippen LogP contribution in [0.15, 0.2) is 47.7 Å². The fourth-order valence-corrected chi connectivity index (χ4v) is 3.29. The van der Waals surface area contributed by atoms with Gasteiger partial charge >= 0.3 is 0 Å². The first-order valence-electron chi connectivity index (χ1n) is 9.93. The van der Waals surface area contributed by atoms with Gasteiger partial charge in [-0.1, -0.05) is 30.3 Å². The van der Waals surface area contributed by atoms with Crippen LogP contribution in [0.25, 0.3) is 0 Å². The van der Waals surface area contributed by atoms with Crippen molar-refractivity contribution in [3.63, 3.8) is 0 Å². The van der Waals surface area contributed by atoms with Crippen LogP contribution < -0.4 is 5.32 Å². The number of ether oxygens (including phenoxy) is 2. The van der Waals surface area contributed by atoms with Crippen molar-refractivity contribution in [2.45, 2.75) is 18.9 Å². The summed E-state index contributed by atoms with van der Waals surface area (Å²) < 4.78 is 13.5. The van der Waals surface area contributed by atoms with Crippen LogP contribution in [0.4, 0.5) is 0 Å². The number of halogens is 1. The third-order valence-corrected chi connectivity index (χ3v) is 4.80. The van der Waals surface area contributed by atoms with Gasteiger partial charge in [-0.2, -0.15) is 5.10 Å². The summed E-state index contributed by atoms with van der Waals surface area (Å²) in [5.41, 5.74) is 2.42. The van der Waals surface area contributed by atoms with Crippen LogP contribution in [-0.4, -0.2) is 67.1 Å². The van der Waals surface area contributed by atoms with Crippen molar-refractivity contribution in [1.29, 1.82) is 0 Å². The lowest BCUT2D eigenvalue weighted by Crippen LogP contribution is -2.48. The molecule has 160 valence electrons. The number of guanidine groups is 1. The summed E-state index contributed by atoms with van der Waals surface area (Å²) in [5.74, 6) is 0.918. The number of hydrogen-bond acceptors (Lipinski definition) is 4. The Labute approximate surface area is 190 Å². The highest BCUT2D eigenvalue weighted by molar-refractivity contribution is 14.0. The van der Waals surface area contributed by atoms with Crippen LogP contribution in [-0.2, 0) is 22.9 Å². The van der Waals surface area contributed by atoms with Crippen LogP contribution in [0.5, 0.6) is 0 Å². The van der Waals surface area contributed by atoms with E-state index in [0.717, 1.165) is 57.2 Å². The van der Waals surface area contributed by atoms with Gasteiger partial charge in [-0.05, 0) is 18.4 Å². The van der Waals surface area contributed by atoms with Gasteiger partial charge in [0.25, 0.3) is 0 Å². The Hall–Kier alpha value is -1.65. The summed E-state index contributed by atoms with van der Waals surface area (Å²) in [6.45, 7) is 4.64. The number of aryl methyl sites for hydroxylation is 1. The van der Waals surface area contributed by atoms with Crippen molar-refractivity contribution in [1.82, 2.24) is 20.0 Å². The van der Waals surface area contributed by atoms with E-state index >= 15 is 0 Å². The largest absolute Gasteiger partial charge is 0.381 e. The van der Waals surface area contributed by atoms with Crippen LogP contribution in [0, 0.1) is 0 Å². The molecule has 0 radical (unpaired) electrons. The van der Waals surface area contributed by atoms with Gasteiger partial charge in [0, 0.05) is 45.6 Å². The molecule has 2 aromatic rings. The Morgan fingerprint density at radius 1 is 1.31 bits per heavy atom. The maximum atomic E-state index is 5.91. The second kappa shape index (κ2) is 12.8. The van der Waals surface area contributed by atoms with E-state index in [1.54, 1.807) is 0 Å². The minimum atomic E-state index is 0. The highest BCUT2D eigenvalue weighted by atomic mass is 127. The van der Waals surface area contributed by atoms with E-state index in [1.807, 2.05) is 37.2 Å². The second-order valence-electron chi connectivity index (χ2n) is 6.93. The standard InChI is InChI=1S/C21H31N5O2.HI/c1-22-21(23-10-6-12-27-13-9-18-7-4-3-5-8-18)26-11-14-28-20(17-26)19-15-24-25(2)16-19;/h3-5,7-8,15-16,20H,6,9-14,17H2,1-2H3,(H,22,23);1H. The Kier molecular flexibility index (Phi) is 10.4. The number of hydrogen-bond donors (Lipinski definition) is 1. The average Bonchev–Trinajstić information content (AvgIpc) is 3.17. The molecule has 1 N–H and O–H groups in total. The number of benzene rings is 1. The van der Waals surface area contributed by atoms with Gasteiger partial charge in [0.2, 0.25) is 0 Å². The number of nitrogens with zero attached hydrogens (tertiary/aromatic N) is 4. The van der Waals surface area contributed by atoms with Gasteiger partial charge in [-0.25, -0.2) is 0 Å². The summed E-state index contributed by atoms with van der Waals surface area (Å²) in [7, 11) is 3.75. The van der Waals surface area contributed by atoms with E-state index in [2.05, 4.69) is 44.6 Å². The van der Waals surface area contributed by atoms with Crippen molar-refractivity contribution >= 4 is 29.9 Å². The average molecular weight is 513 g/mol. The van der Waals surface area contributed by atoms with E-state index in [-0.39, 0.29) is 30.1 Å². The van der Waals surface area contributed by atoms with Crippen LogP contribution >= 0.6 is 24.0 Å². The topological polar surface area (TPSA) is 63.9 Å². The number of aromatic nitrogens is 2. The number of nitrogens with one attached hydrogen (secondary N) is 1. The summed E-state index contributed by atoms with van der Waals surface area (Å²) >= 11 is 0. The zero-order valence-corrected chi connectivity index (χ0v) is 19.6. The summed E-state index contributed by atoms with van der Waals surface area (Å²) in [6.07, 6.45) is 5.82. The molecule has 3 rings (SSSR count). The molecule has 0 spiro atoms. The second-order valence-corrected chi connectivity index (χ2v) is 6.93. The maximum absolute atomic E-state index is 5.91. The lowest BCUT2D eigenvalue weighted by Gasteiger charge is -2.34. The molecular formula is C21H32IN5O2. The first kappa shape index (κ1) is 23.6. The predicted octanol–water partition coefficient (Wildman–Crippen LogP) is 2.64. The maximum Gasteiger partial charge on any atom is 0.193 e.